The van der Waals surface area contributed by atoms with Crippen molar-refractivity contribution in [1.82, 2.24) is 29.4 Å². The molecule has 8 nitrogen and oxygen atoms in total. The minimum atomic E-state index is -1.14. The molecule has 1 atom stereocenters. The molecule has 1 aliphatic heterocycles. The van der Waals surface area contributed by atoms with Crippen molar-refractivity contribution in [3.63, 3.8) is 0 Å². The van der Waals surface area contributed by atoms with Gasteiger partial charge in [0.15, 0.2) is 0 Å². The Morgan fingerprint density at radius 1 is 1.17 bits per heavy atom. The predicted molar refractivity (Wildman–Crippen MR) is 136 cm³/mol. The Bertz CT molecular complexity index is 1430. The first kappa shape index (κ1) is 24.2. The van der Waals surface area contributed by atoms with Crippen molar-refractivity contribution in [1.29, 1.82) is 0 Å². The molecule has 0 radical (unpaired) electrons. The molecule has 3 heterocycles. The summed E-state index contributed by atoms with van der Waals surface area (Å²) in [5, 5.41) is 20.9. The fourth-order valence-electron chi connectivity index (χ4n) is 5.54. The van der Waals surface area contributed by atoms with Gasteiger partial charge in [-0.25, -0.2) is 9.67 Å². The van der Waals surface area contributed by atoms with E-state index in [-0.39, 0.29) is 0 Å². The fraction of sp³-hybridized carbons (Fsp3) is 0.429. The molecule has 0 aliphatic carbocycles. The summed E-state index contributed by atoms with van der Waals surface area (Å²) in [6, 6.07) is 10.4. The van der Waals surface area contributed by atoms with E-state index in [1.807, 2.05) is 38.6 Å². The van der Waals surface area contributed by atoms with Gasteiger partial charge in [0.25, 0.3) is 0 Å². The molecule has 2 aromatic carbocycles. The Labute approximate surface area is 211 Å². The van der Waals surface area contributed by atoms with Crippen LogP contribution in [0.15, 0.2) is 42.9 Å². The van der Waals surface area contributed by atoms with Gasteiger partial charge in [-0.1, -0.05) is 43.3 Å². The van der Waals surface area contributed by atoms with Crippen LogP contribution >= 0.6 is 0 Å². The van der Waals surface area contributed by atoms with Crippen molar-refractivity contribution in [2.75, 3.05) is 6.54 Å². The van der Waals surface area contributed by atoms with Crippen LogP contribution in [-0.4, -0.2) is 42.0 Å². The van der Waals surface area contributed by atoms with Crippen molar-refractivity contribution >= 4 is 17.0 Å². The molecule has 0 N–H and O–H groups in total. The third-order valence-electron chi connectivity index (χ3n) is 7.80. The first-order chi connectivity index (χ1) is 17.2. The third kappa shape index (κ3) is 4.19. The van der Waals surface area contributed by atoms with Crippen LogP contribution in [0.5, 0.6) is 0 Å². The van der Waals surface area contributed by atoms with Crippen LogP contribution in [0.3, 0.4) is 0 Å². The summed E-state index contributed by atoms with van der Waals surface area (Å²) in [6.45, 7) is 11.3. The number of carboxylic acids is 1. The molecule has 188 valence electrons. The van der Waals surface area contributed by atoms with Crippen molar-refractivity contribution < 1.29 is 9.90 Å². The number of imidazole rings is 1. The minimum absolute atomic E-state index is 0.404. The van der Waals surface area contributed by atoms with E-state index in [1.165, 1.54) is 16.8 Å². The van der Waals surface area contributed by atoms with Gasteiger partial charge in [0.05, 0.1) is 17.5 Å². The number of carboxylic acid groups (broad SMARTS) is 1. The molecule has 1 aliphatic rings. The quantitative estimate of drug-likeness (QED) is 0.417. The molecule has 8 heteroatoms. The largest absolute Gasteiger partial charge is 0.550 e. The van der Waals surface area contributed by atoms with Gasteiger partial charge in [0, 0.05) is 56.7 Å². The number of nitrogens with zero attached hydrogens (tertiary/aromatic N) is 6. The summed E-state index contributed by atoms with van der Waals surface area (Å²) in [5.74, 6) is -1.48. The number of benzene rings is 2. The zero-order valence-corrected chi connectivity index (χ0v) is 21.7. The standard InChI is InChI=1S/C28H34N6O2/c1-18-7-8-20(13-21(18)15-33-11-6-12-34-17-29-14-22(34)16-33)25(28(3,4)27(35)36)23-9-10-24-26(19(23)2)30-31-32(24)5/h7-10,13-14,17,25H,6,11-12,15-16H2,1-5H3,(H,35,36)/p-1. The van der Waals surface area contributed by atoms with E-state index >= 15 is 0 Å². The van der Waals surface area contributed by atoms with Gasteiger partial charge < -0.3 is 14.5 Å². The van der Waals surface area contributed by atoms with E-state index in [1.54, 1.807) is 18.5 Å². The maximum atomic E-state index is 12.4. The van der Waals surface area contributed by atoms with Crippen molar-refractivity contribution in [2.45, 2.75) is 59.7 Å². The highest BCUT2D eigenvalue weighted by Crippen LogP contribution is 2.43. The highest BCUT2D eigenvalue weighted by Gasteiger charge is 2.35. The van der Waals surface area contributed by atoms with Crippen LogP contribution in [0.2, 0.25) is 0 Å². The molecule has 0 amide bonds. The predicted octanol–water partition coefficient (Wildman–Crippen LogP) is 3.10. The smallest absolute Gasteiger partial charge is 0.116 e. The number of aromatic nitrogens is 5. The molecule has 0 saturated heterocycles. The van der Waals surface area contributed by atoms with E-state index < -0.39 is 17.3 Å². The van der Waals surface area contributed by atoms with Gasteiger partial charge in [0.1, 0.15) is 5.52 Å². The van der Waals surface area contributed by atoms with Crippen molar-refractivity contribution in [3.05, 3.63) is 76.4 Å². The Balaban J connectivity index is 1.56. The summed E-state index contributed by atoms with van der Waals surface area (Å²) in [4.78, 5) is 19.2. The van der Waals surface area contributed by atoms with Gasteiger partial charge in [-0.2, -0.15) is 0 Å². The molecule has 4 aromatic rings. The zero-order chi connectivity index (χ0) is 25.6. The zero-order valence-electron chi connectivity index (χ0n) is 21.7. The topological polar surface area (TPSA) is 91.9 Å². The van der Waals surface area contributed by atoms with E-state index in [0.717, 1.165) is 60.3 Å². The third-order valence-corrected chi connectivity index (χ3v) is 7.80. The van der Waals surface area contributed by atoms with Crippen LogP contribution in [0.4, 0.5) is 0 Å². The van der Waals surface area contributed by atoms with Crippen LogP contribution in [-0.2, 0) is 31.5 Å². The summed E-state index contributed by atoms with van der Waals surface area (Å²) in [6.07, 6.45) is 4.93. The average molecular weight is 486 g/mol. The number of hydrogen-bond donors (Lipinski definition) is 0. The minimum Gasteiger partial charge on any atom is -0.550 e. The van der Waals surface area contributed by atoms with E-state index in [4.69, 9.17) is 0 Å². The Kier molecular flexibility index (Phi) is 6.16. The Morgan fingerprint density at radius 3 is 2.75 bits per heavy atom. The van der Waals surface area contributed by atoms with E-state index in [0.29, 0.717) is 0 Å². The maximum Gasteiger partial charge on any atom is 0.116 e. The number of hydrogen-bond acceptors (Lipinski definition) is 6. The molecule has 0 fully saturated rings. The highest BCUT2D eigenvalue weighted by atomic mass is 16.4. The Hall–Kier alpha value is -3.52. The van der Waals surface area contributed by atoms with Crippen LogP contribution in [0, 0.1) is 19.3 Å². The summed E-state index contributed by atoms with van der Waals surface area (Å²) < 4.78 is 3.97. The molecule has 2 aromatic heterocycles. The fourth-order valence-corrected chi connectivity index (χ4v) is 5.54. The summed E-state index contributed by atoms with van der Waals surface area (Å²) in [5.41, 5.74) is 7.06. The number of fused-ring (bicyclic) bond motifs is 2. The number of aryl methyl sites for hydroxylation is 4. The SMILES string of the molecule is Cc1ccc(C(c2ccc3c(nnn3C)c2C)C(C)(C)C(=O)[O-])cc1CN1CCCn2cncc2C1. The molecule has 0 saturated carbocycles. The van der Waals surface area contributed by atoms with Crippen LogP contribution < -0.4 is 5.11 Å². The number of carbonyl (C=O) groups excluding carboxylic acids is 1. The summed E-state index contributed by atoms with van der Waals surface area (Å²) >= 11 is 0. The maximum absolute atomic E-state index is 12.4. The molecular weight excluding hydrogens is 452 g/mol. The monoisotopic (exact) mass is 485 g/mol. The van der Waals surface area contributed by atoms with Gasteiger partial charge in [-0.3, -0.25) is 4.90 Å². The van der Waals surface area contributed by atoms with Gasteiger partial charge in [-0.05, 0) is 54.2 Å². The Morgan fingerprint density at radius 2 is 1.97 bits per heavy atom. The molecule has 0 spiro atoms. The first-order valence-corrected chi connectivity index (χ1v) is 12.5. The molecular formula is C28H33N6O2-. The van der Waals surface area contributed by atoms with Gasteiger partial charge >= 0.3 is 0 Å². The first-order valence-electron chi connectivity index (χ1n) is 12.5. The van der Waals surface area contributed by atoms with Crippen molar-refractivity contribution in [3.8, 4) is 0 Å². The number of aliphatic carboxylic acids is 1. The van der Waals surface area contributed by atoms with E-state index in [2.05, 4.69) is 49.9 Å². The lowest BCUT2D eigenvalue weighted by atomic mass is 9.69. The average Bonchev–Trinajstić information content (AvgIpc) is 3.38. The number of rotatable bonds is 6. The molecule has 0 bridgehead atoms. The van der Waals surface area contributed by atoms with E-state index in [9.17, 15) is 9.90 Å². The van der Waals surface area contributed by atoms with Gasteiger partial charge in [0.2, 0.25) is 0 Å². The van der Waals surface area contributed by atoms with Crippen molar-refractivity contribution in [2.24, 2.45) is 12.5 Å². The molecule has 36 heavy (non-hydrogen) atoms. The second-order valence-corrected chi connectivity index (χ2v) is 10.6. The second-order valence-electron chi connectivity index (χ2n) is 10.6. The second kappa shape index (κ2) is 9.17. The van der Waals surface area contributed by atoms with Crippen LogP contribution in [0.1, 0.15) is 59.7 Å². The lowest BCUT2D eigenvalue weighted by Gasteiger charge is -2.37. The molecule has 1 unspecified atom stereocenters. The molecule has 5 rings (SSSR count). The lowest BCUT2D eigenvalue weighted by Crippen LogP contribution is -2.42. The van der Waals surface area contributed by atoms with Gasteiger partial charge in [-0.15, -0.1) is 5.10 Å². The highest BCUT2D eigenvalue weighted by molar-refractivity contribution is 5.81. The van der Waals surface area contributed by atoms with Crippen LogP contribution in [0.25, 0.3) is 11.0 Å². The number of carbonyl (C=O) groups is 1. The normalized spacial score (nSPS) is 15.6. The lowest BCUT2D eigenvalue weighted by molar-refractivity contribution is -0.318. The summed E-state index contributed by atoms with van der Waals surface area (Å²) in [7, 11) is 1.86.